The molecule has 0 saturated heterocycles. The van der Waals surface area contributed by atoms with Crippen molar-refractivity contribution < 1.29 is 0 Å². The number of thioether (sulfide) groups is 1. The summed E-state index contributed by atoms with van der Waals surface area (Å²) in [7, 11) is 0. The minimum absolute atomic E-state index is 1.33. The van der Waals surface area contributed by atoms with E-state index >= 15 is 0 Å². The van der Waals surface area contributed by atoms with Gasteiger partial charge in [0.2, 0.25) is 0 Å². The van der Waals surface area contributed by atoms with Gasteiger partial charge in [-0.05, 0) is 80.8 Å². The van der Waals surface area contributed by atoms with Gasteiger partial charge in [0, 0.05) is 4.90 Å². The summed E-state index contributed by atoms with van der Waals surface area (Å²) in [5.41, 5.74) is 9.43. The predicted molar refractivity (Wildman–Crippen MR) is 96.2 cm³/mol. The lowest BCUT2D eigenvalue weighted by Crippen LogP contribution is -1.88. The van der Waals surface area contributed by atoms with Crippen LogP contribution in [0.25, 0.3) is 6.08 Å². The van der Waals surface area contributed by atoms with Crippen molar-refractivity contribution in [3.8, 4) is 0 Å². The molecule has 0 amide bonds. The molecule has 0 aliphatic carbocycles. The van der Waals surface area contributed by atoms with Gasteiger partial charge in [-0.25, -0.2) is 0 Å². The van der Waals surface area contributed by atoms with Crippen LogP contribution in [-0.4, -0.2) is 0 Å². The quantitative estimate of drug-likeness (QED) is 0.599. The molecular formula is C20H24S. The summed E-state index contributed by atoms with van der Waals surface area (Å²) >= 11 is 1.82. The van der Waals surface area contributed by atoms with E-state index in [1.165, 1.54) is 43.8 Å². The number of hydrogen-bond acceptors (Lipinski definition) is 1. The third-order valence-corrected chi connectivity index (χ3v) is 4.92. The molecule has 0 saturated carbocycles. The lowest BCUT2D eigenvalue weighted by molar-refractivity contribution is 1.19. The van der Waals surface area contributed by atoms with E-state index < -0.39 is 0 Å². The van der Waals surface area contributed by atoms with Crippen molar-refractivity contribution in [1.29, 1.82) is 0 Å². The van der Waals surface area contributed by atoms with Crippen LogP contribution in [0.1, 0.15) is 38.9 Å². The normalized spacial score (nSPS) is 11.3. The molecular weight excluding hydrogens is 272 g/mol. The third-order valence-electron chi connectivity index (χ3n) is 3.76. The average Bonchev–Trinajstić information content (AvgIpc) is 2.34. The van der Waals surface area contributed by atoms with Crippen LogP contribution in [0, 0.1) is 41.5 Å². The maximum absolute atomic E-state index is 2.26. The summed E-state index contributed by atoms with van der Waals surface area (Å²) < 4.78 is 0. The van der Waals surface area contributed by atoms with Crippen molar-refractivity contribution in [3.63, 3.8) is 0 Å². The van der Waals surface area contributed by atoms with Gasteiger partial charge in [-0.15, -0.1) is 0 Å². The molecule has 0 spiro atoms. The van der Waals surface area contributed by atoms with Gasteiger partial charge in [-0.3, -0.25) is 0 Å². The Labute approximate surface area is 133 Å². The molecule has 0 unspecified atom stereocenters. The fourth-order valence-electron chi connectivity index (χ4n) is 2.98. The minimum Gasteiger partial charge on any atom is -0.0975 e. The van der Waals surface area contributed by atoms with Gasteiger partial charge >= 0.3 is 0 Å². The number of aryl methyl sites for hydroxylation is 6. The molecule has 0 N–H and O–H groups in total. The van der Waals surface area contributed by atoms with Gasteiger partial charge in [0.25, 0.3) is 0 Å². The molecule has 2 aromatic rings. The number of hydrogen-bond donors (Lipinski definition) is 0. The van der Waals surface area contributed by atoms with Crippen LogP contribution in [-0.2, 0) is 0 Å². The molecule has 0 bridgehead atoms. The standard InChI is InChI=1S/C20H24S/c1-13-9-15(3)19(16(4)10-13)7-8-21-20-17(5)11-14(2)12-18(20)6/h7-12H,1-6H3/b8-7-. The first-order chi connectivity index (χ1) is 9.88. The van der Waals surface area contributed by atoms with E-state index in [0.717, 1.165) is 0 Å². The Balaban J connectivity index is 2.25. The lowest BCUT2D eigenvalue weighted by Gasteiger charge is -2.09. The van der Waals surface area contributed by atoms with Gasteiger partial charge in [-0.1, -0.05) is 47.2 Å². The van der Waals surface area contributed by atoms with Crippen LogP contribution in [0.3, 0.4) is 0 Å². The second-order valence-corrected chi connectivity index (χ2v) is 6.88. The summed E-state index contributed by atoms with van der Waals surface area (Å²) in [6.07, 6.45) is 2.24. The van der Waals surface area contributed by atoms with E-state index in [-0.39, 0.29) is 0 Å². The van der Waals surface area contributed by atoms with Crippen LogP contribution in [0.4, 0.5) is 0 Å². The van der Waals surface area contributed by atoms with Crippen molar-refractivity contribution in [2.45, 2.75) is 46.4 Å². The highest BCUT2D eigenvalue weighted by atomic mass is 32.2. The highest BCUT2D eigenvalue weighted by Gasteiger charge is 2.04. The van der Waals surface area contributed by atoms with E-state index in [0.29, 0.717) is 0 Å². The fourth-order valence-corrected chi connectivity index (χ4v) is 3.81. The first-order valence-corrected chi connectivity index (χ1v) is 8.25. The summed E-state index contributed by atoms with van der Waals surface area (Å²) in [6, 6.07) is 9.01. The molecule has 0 aliphatic heterocycles. The van der Waals surface area contributed by atoms with Crippen LogP contribution >= 0.6 is 11.8 Å². The molecule has 0 nitrogen and oxygen atoms in total. The highest BCUT2D eigenvalue weighted by Crippen LogP contribution is 2.29. The molecule has 0 aromatic heterocycles. The molecule has 1 heteroatoms. The van der Waals surface area contributed by atoms with Gasteiger partial charge in [-0.2, -0.15) is 0 Å². The smallest absolute Gasteiger partial charge is 0.0174 e. The van der Waals surface area contributed by atoms with E-state index in [9.17, 15) is 0 Å². The van der Waals surface area contributed by atoms with E-state index in [2.05, 4.69) is 77.3 Å². The molecule has 21 heavy (non-hydrogen) atoms. The minimum atomic E-state index is 1.33. The Kier molecular flexibility index (Phi) is 4.95. The Hall–Kier alpha value is -1.47. The second kappa shape index (κ2) is 6.53. The maximum Gasteiger partial charge on any atom is 0.0174 e. The van der Waals surface area contributed by atoms with Gasteiger partial charge in [0.05, 0.1) is 0 Å². The first-order valence-electron chi connectivity index (χ1n) is 7.37. The maximum atomic E-state index is 2.26. The molecule has 0 radical (unpaired) electrons. The van der Waals surface area contributed by atoms with Gasteiger partial charge in [0.1, 0.15) is 0 Å². The SMILES string of the molecule is Cc1cc(C)c(/C=C\Sc2c(C)cc(C)cc2C)c(C)c1. The first kappa shape index (κ1) is 15.9. The van der Waals surface area contributed by atoms with Crippen molar-refractivity contribution in [3.05, 3.63) is 68.6 Å². The van der Waals surface area contributed by atoms with E-state index in [1.807, 2.05) is 11.8 Å². The van der Waals surface area contributed by atoms with E-state index in [4.69, 9.17) is 0 Å². The van der Waals surface area contributed by atoms with Crippen LogP contribution in [0.5, 0.6) is 0 Å². The molecule has 0 atom stereocenters. The van der Waals surface area contributed by atoms with Crippen LogP contribution in [0.15, 0.2) is 34.6 Å². The van der Waals surface area contributed by atoms with Crippen molar-refractivity contribution >= 4 is 17.8 Å². The molecule has 0 aliphatic rings. The third kappa shape index (κ3) is 3.79. The van der Waals surface area contributed by atoms with Crippen molar-refractivity contribution in [2.75, 3.05) is 0 Å². The lowest BCUT2D eigenvalue weighted by atomic mass is 10.0. The van der Waals surface area contributed by atoms with Gasteiger partial charge < -0.3 is 0 Å². The summed E-state index contributed by atoms with van der Waals surface area (Å²) in [6.45, 7) is 13.1. The topological polar surface area (TPSA) is 0 Å². The van der Waals surface area contributed by atoms with Crippen LogP contribution in [0.2, 0.25) is 0 Å². The number of rotatable bonds is 3. The largest absolute Gasteiger partial charge is 0.0975 e. The predicted octanol–water partition coefficient (Wildman–Crippen LogP) is 6.30. The van der Waals surface area contributed by atoms with Gasteiger partial charge in [0.15, 0.2) is 0 Å². The summed E-state index contributed by atoms with van der Waals surface area (Å²) in [5.74, 6) is 0. The van der Waals surface area contributed by atoms with Crippen molar-refractivity contribution in [2.24, 2.45) is 0 Å². The zero-order valence-electron chi connectivity index (χ0n) is 13.9. The molecule has 0 heterocycles. The number of benzene rings is 2. The average molecular weight is 296 g/mol. The zero-order valence-corrected chi connectivity index (χ0v) is 14.7. The molecule has 0 fully saturated rings. The van der Waals surface area contributed by atoms with Crippen molar-refractivity contribution in [1.82, 2.24) is 0 Å². The monoisotopic (exact) mass is 296 g/mol. The highest BCUT2D eigenvalue weighted by molar-refractivity contribution is 8.02. The Morgan fingerprint density at radius 2 is 1.10 bits per heavy atom. The molecule has 2 rings (SSSR count). The Morgan fingerprint density at radius 1 is 0.667 bits per heavy atom. The fraction of sp³-hybridized carbons (Fsp3) is 0.300. The summed E-state index contributed by atoms with van der Waals surface area (Å²) in [4.78, 5) is 1.37. The Morgan fingerprint density at radius 3 is 1.57 bits per heavy atom. The van der Waals surface area contributed by atoms with Crippen LogP contribution < -0.4 is 0 Å². The summed E-state index contributed by atoms with van der Waals surface area (Å²) in [5, 5.41) is 2.22. The van der Waals surface area contributed by atoms with E-state index in [1.54, 1.807) is 0 Å². The second-order valence-electron chi connectivity index (χ2n) is 5.96. The molecule has 110 valence electrons. The molecule has 2 aromatic carbocycles. The Bertz CT molecular complexity index is 647. The zero-order chi connectivity index (χ0) is 15.6.